The summed E-state index contributed by atoms with van der Waals surface area (Å²) in [7, 11) is 4.67. The first-order valence-electron chi connectivity index (χ1n) is 13.2. The minimum absolute atomic E-state index is 0.0735. The monoisotopic (exact) mass is 534 g/mol. The molecule has 1 unspecified atom stereocenters. The summed E-state index contributed by atoms with van der Waals surface area (Å²) in [6.07, 6.45) is 3.50. The van der Waals surface area contributed by atoms with Crippen molar-refractivity contribution in [2.75, 3.05) is 32.8 Å². The van der Waals surface area contributed by atoms with E-state index in [4.69, 9.17) is 14.2 Å². The maximum absolute atomic E-state index is 14.0. The van der Waals surface area contributed by atoms with E-state index in [9.17, 15) is 14.7 Å². The van der Waals surface area contributed by atoms with Crippen LogP contribution in [0.25, 0.3) is 0 Å². The lowest BCUT2D eigenvalue weighted by molar-refractivity contribution is -0.126. The molecular formula is C31H38N2O6. The van der Waals surface area contributed by atoms with Crippen molar-refractivity contribution >= 4 is 17.5 Å². The normalized spacial score (nSPS) is 11.4. The van der Waals surface area contributed by atoms with Gasteiger partial charge in [0.05, 0.1) is 21.3 Å². The number of anilines is 1. The van der Waals surface area contributed by atoms with Crippen molar-refractivity contribution in [2.24, 2.45) is 0 Å². The van der Waals surface area contributed by atoms with Crippen LogP contribution in [0.1, 0.15) is 49.8 Å². The number of carbonyl (C=O) groups excluding carboxylic acids is 2. The van der Waals surface area contributed by atoms with Crippen molar-refractivity contribution in [1.29, 1.82) is 0 Å². The molecule has 3 rings (SSSR count). The van der Waals surface area contributed by atoms with Gasteiger partial charge in [0.1, 0.15) is 17.5 Å². The highest BCUT2D eigenvalue weighted by molar-refractivity contribution is 6.01. The zero-order chi connectivity index (χ0) is 28.2. The second-order valence-corrected chi connectivity index (χ2v) is 9.14. The molecule has 0 radical (unpaired) electrons. The van der Waals surface area contributed by atoms with Gasteiger partial charge in [-0.2, -0.15) is 0 Å². The fraction of sp³-hybridized carbons (Fsp3) is 0.355. The van der Waals surface area contributed by atoms with Gasteiger partial charge >= 0.3 is 0 Å². The van der Waals surface area contributed by atoms with Crippen molar-refractivity contribution in [3.8, 4) is 23.0 Å². The summed E-state index contributed by atoms with van der Waals surface area (Å²) in [6, 6.07) is 18.1. The molecule has 3 aromatic carbocycles. The summed E-state index contributed by atoms with van der Waals surface area (Å²) in [5.41, 5.74) is 2.05. The molecule has 2 amide bonds. The zero-order valence-corrected chi connectivity index (χ0v) is 23.1. The van der Waals surface area contributed by atoms with Crippen LogP contribution in [0, 0.1) is 0 Å². The maximum Gasteiger partial charge on any atom is 0.247 e. The summed E-state index contributed by atoms with van der Waals surface area (Å²) in [5.74, 6) is 1.23. The van der Waals surface area contributed by atoms with E-state index in [1.165, 1.54) is 31.3 Å². The third kappa shape index (κ3) is 7.89. The molecule has 0 aromatic heterocycles. The average molecular weight is 535 g/mol. The Balaban J connectivity index is 2.02. The Bertz CT molecular complexity index is 1210. The van der Waals surface area contributed by atoms with Gasteiger partial charge in [-0.1, -0.05) is 44.0 Å². The van der Waals surface area contributed by atoms with E-state index in [-0.39, 0.29) is 24.0 Å². The maximum atomic E-state index is 14.0. The van der Waals surface area contributed by atoms with Gasteiger partial charge in [-0.15, -0.1) is 0 Å². The second-order valence-electron chi connectivity index (χ2n) is 9.14. The number of ether oxygens (including phenoxy) is 3. The van der Waals surface area contributed by atoms with Crippen molar-refractivity contribution in [3.63, 3.8) is 0 Å². The quantitative estimate of drug-likeness (QED) is 0.268. The fourth-order valence-corrected chi connectivity index (χ4v) is 4.33. The molecular weight excluding hydrogens is 496 g/mol. The van der Waals surface area contributed by atoms with Crippen LogP contribution in [0.5, 0.6) is 23.0 Å². The van der Waals surface area contributed by atoms with E-state index in [0.29, 0.717) is 35.7 Å². The molecule has 39 heavy (non-hydrogen) atoms. The van der Waals surface area contributed by atoms with Gasteiger partial charge < -0.3 is 24.6 Å². The van der Waals surface area contributed by atoms with E-state index < -0.39 is 6.04 Å². The Labute approximate surface area is 230 Å². The number of methoxy groups -OCH3 is 3. The number of benzene rings is 3. The lowest BCUT2D eigenvalue weighted by Crippen LogP contribution is -2.44. The number of phenolic OH excluding ortho intramolecular Hbond substituents is 1. The predicted octanol–water partition coefficient (Wildman–Crippen LogP) is 5.43. The lowest BCUT2D eigenvalue weighted by Gasteiger charge is -2.32. The van der Waals surface area contributed by atoms with Crippen LogP contribution in [-0.2, 0) is 16.0 Å². The van der Waals surface area contributed by atoms with E-state index >= 15 is 0 Å². The first-order chi connectivity index (χ1) is 18.9. The molecule has 3 aromatic rings. The van der Waals surface area contributed by atoms with Crippen molar-refractivity contribution in [1.82, 2.24) is 5.32 Å². The molecule has 8 nitrogen and oxygen atoms in total. The summed E-state index contributed by atoms with van der Waals surface area (Å²) < 4.78 is 16.1. The molecule has 0 aliphatic carbocycles. The highest BCUT2D eigenvalue weighted by atomic mass is 16.5. The molecule has 0 aliphatic heterocycles. The van der Waals surface area contributed by atoms with Crippen LogP contribution in [0.2, 0.25) is 0 Å². The van der Waals surface area contributed by atoms with E-state index in [0.717, 1.165) is 30.6 Å². The first-order valence-corrected chi connectivity index (χ1v) is 13.2. The molecule has 1 atom stereocenters. The number of aryl methyl sites for hydroxylation is 1. The molecule has 0 heterocycles. The van der Waals surface area contributed by atoms with Crippen LogP contribution in [0.15, 0.2) is 66.7 Å². The van der Waals surface area contributed by atoms with E-state index in [1.807, 2.05) is 24.3 Å². The van der Waals surface area contributed by atoms with Gasteiger partial charge in [-0.05, 0) is 60.4 Å². The number of rotatable bonds is 14. The van der Waals surface area contributed by atoms with E-state index in [2.05, 4.69) is 12.2 Å². The largest absolute Gasteiger partial charge is 0.508 e. The molecule has 0 fully saturated rings. The number of nitrogens with one attached hydrogen (secondary N) is 1. The van der Waals surface area contributed by atoms with Crippen LogP contribution in [-0.4, -0.2) is 44.8 Å². The predicted molar refractivity (Wildman–Crippen MR) is 152 cm³/mol. The van der Waals surface area contributed by atoms with Gasteiger partial charge in [0, 0.05) is 24.7 Å². The second kappa shape index (κ2) is 14.7. The molecule has 0 saturated carbocycles. The van der Waals surface area contributed by atoms with Gasteiger partial charge in [0.2, 0.25) is 11.8 Å². The molecule has 0 saturated heterocycles. The van der Waals surface area contributed by atoms with Crippen LogP contribution in [0.4, 0.5) is 5.69 Å². The van der Waals surface area contributed by atoms with Crippen LogP contribution in [0.3, 0.4) is 0 Å². The van der Waals surface area contributed by atoms with Gasteiger partial charge in [0.25, 0.3) is 0 Å². The van der Waals surface area contributed by atoms with E-state index in [1.54, 1.807) is 37.4 Å². The third-order valence-corrected chi connectivity index (χ3v) is 6.50. The molecule has 208 valence electrons. The number of nitrogens with zero attached hydrogens (tertiary/aromatic N) is 1. The highest BCUT2D eigenvalue weighted by Gasteiger charge is 2.33. The SMILES string of the molecule is CCCCCNC(=O)C(c1ccc(O)cc1)N(C(=O)CCc1ccc(OC)cc1)c1ccc(OC)c(OC)c1. The van der Waals surface area contributed by atoms with Crippen molar-refractivity contribution in [3.05, 3.63) is 77.9 Å². The Morgan fingerprint density at radius 3 is 2.18 bits per heavy atom. The molecule has 2 N–H and O–H groups in total. The highest BCUT2D eigenvalue weighted by Crippen LogP contribution is 2.36. The molecule has 8 heteroatoms. The van der Waals surface area contributed by atoms with Gasteiger partial charge in [0.15, 0.2) is 11.5 Å². The number of aromatic hydroxyl groups is 1. The number of hydrogen-bond donors (Lipinski definition) is 2. The van der Waals surface area contributed by atoms with Crippen molar-refractivity contribution < 1.29 is 28.9 Å². The molecule has 0 bridgehead atoms. The summed E-state index contributed by atoms with van der Waals surface area (Å²) in [4.78, 5) is 29.2. The van der Waals surface area contributed by atoms with Gasteiger partial charge in [-0.25, -0.2) is 0 Å². The fourth-order valence-electron chi connectivity index (χ4n) is 4.33. The number of hydrogen-bond acceptors (Lipinski definition) is 6. The Kier molecular flexibility index (Phi) is 11.0. The Hall–Kier alpha value is -4.20. The number of amides is 2. The lowest BCUT2D eigenvalue weighted by atomic mass is 10.0. The minimum Gasteiger partial charge on any atom is -0.508 e. The molecule has 0 spiro atoms. The number of carbonyl (C=O) groups is 2. The molecule has 0 aliphatic rings. The topological polar surface area (TPSA) is 97.3 Å². The zero-order valence-electron chi connectivity index (χ0n) is 23.1. The standard InChI is InChI=1S/C31H38N2O6/c1-5-6-7-20-32-31(36)30(23-11-14-25(34)15-12-23)33(24-13-18-27(38-3)28(21-24)39-4)29(35)19-10-22-8-16-26(37-2)17-9-22/h8-9,11-18,21,30,34H,5-7,10,19-20H2,1-4H3,(H,32,36). The van der Waals surface area contributed by atoms with Crippen molar-refractivity contribution in [2.45, 2.75) is 45.1 Å². The van der Waals surface area contributed by atoms with Crippen LogP contribution < -0.4 is 24.4 Å². The Morgan fingerprint density at radius 1 is 0.872 bits per heavy atom. The summed E-state index contributed by atoms with van der Waals surface area (Å²) >= 11 is 0. The number of unbranched alkanes of at least 4 members (excludes halogenated alkanes) is 2. The number of phenols is 1. The minimum atomic E-state index is -0.964. The first kappa shape index (κ1) is 29.4. The van der Waals surface area contributed by atoms with Crippen LogP contribution >= 0.6 is 0 Å². The summed E-state index contributed by atoms with van der Waals surface area (Å²) in [6.45, 7) is 2.60. The third-order valence-electron chi connectivity index (χ3n) is 6.50. The smallest absolute Gasteiger partial charge is 0.247 e. The van der Waals surface area contributed by atoms with Gasteiger partial charge in [-0.3, -0.25) is 14.5 Å². The Morgan fingerprint density at radius 2 is 1.56 bits per heavy atom. The average Bonchev–Trinajstić information content (AvgIpc) is 2.97. The summed E-state index contributed by atoms with van der Waals surface area (Å²) in [5, 5.41) is 12.9.